The summed E-state index contributed by atoms with van der Waals surface area (Å²) in [5, 5.41) is 12.8. The van der Waals surface area contributed by atoms with E-state index in [1.165, 1.54) is 0 Å². The van der Waals surface area contributed by atoms with E-state index in [0.29, 0.717) is 0 Å². The molecule has 2 saturated carbocycles. The minimum Gasteiger partial charge on any atom is -0.391 e. The Hall–Kier alpha value is -0.610. The van der Waals surface area contributed by atoms with Gasteiger partial charge in [-0.25, -0.2) is 0 Å². The van der Waals surface area contributed by atoms with Crippen LogP contribution in [-0.2, 0) is 4.79 Å². The van der Waals surface area contributed by atoms with E-state index in [0.717, 1.165) is 44.9 Å². The fourth-order valence-corrected chi connectivity index (χ4v) is 2.88. The maximum Gasteiger partial charge on any atom is 0.224 e. The quantitative estimate of drug-likeness (QED) is 0.643. The number of aliphatic hydroxyl groups is 1. The number of nitrogens with one attached hydrogen (secondary N) is 1. The zero-order valence-corrected chi connectivity index (χ0v) is 9.69. The Morgan fingerprint density at radius 1 is 1.12 bits per heavy atom. The molecule has 4 N–H and O–H groups in total. The highest BCUT2D eigenvalue weighted by atomic mass is 16.3. The van der Waals surface area contributed by atoms with Gasteiger partial charge in [0.05, 0.1) is 18.1 Å². The van der Waals surface area contributed by atoms with Gasteiger partial charge in [0.1, 0.15) is 0 Å². The molecule has 0 aromatic rings. The molecule has 2 unspecified atom stereocenters. The molecule has 4 atom stereocenters. The molecule has 0 aromatic heterocycles. The summed E-state index contributed by atoms with van der Waals surface area (Å²) in [5.74, 6) is 0.0186. The van der Waals surface area contributed by atoms with Gasteiger partial charge in [0.2, 0.25) is 5.91 Å². The third-order valence-corrected chi connectivity index (χ3v) is 3.96. The fraction of sp³-hybridized carbons (Fsp3) is 0.917. The summed E-state index contributed by atoms with van der Waals surface area (Å²) < 4.78 is 0. The lowest BCUT2D eigenvalue weighted by molar-refractivity contribution is -0.127. The molecule has 0 aliphatic heterocycles. The van der Waals surface area contributed by atoms with E-state index in [9.17, 15) is 9.90 Å². The number of aliphatic hydroxyl groups excluding tert-OH is 1. The van der Waals surface area contributed by atoms with Crippen molar-refractivity contribution in [2.45, 2.75) is 63.1 Å². The first-order valence-electron chi connectivity index (χ1n) is 6.42. The van der Waals surface area contributed by atoms with E-state index in [1.807, 2.05) is 0 Å². The molecule has 0 aromatic carbocycles. The summed E-state index contributed by atoms with van der Waals surface area (Å²) in [6, 6.07) is -0.0326. The summed E-state index contributed by atoms with van der Waals surface area (Å²) in [6.07, 6.45) is 6.40. The van der Waals surface area contributed by atoms with Crippen LogP contribution < -0.4 is 11.1 Å². The zero-order chi connectivity index (χ0) is 11.5. The van der Waals surface area contributed by atoms with E-state index in [4.69, 9.17) is 5.73 Å². The number of rotatable bonds is 2. The number of hydrogen-bond donors (Lipinski definition) is 3. The first kappa shape index (κ1) is 11.9. The molecule has 4 nitrogen and oxygen atoms in total. The first-order chi connectivity index (χ1) is 7.68. The zero-order valence-electron chi connectivity index (χ0n) is 9.69. The van der Waals surface area contributed by atoms with Crippen molar-refractivity contribution in [1.82, 2.24) is 5.32 Å². The third-order valence-electron chi connectivity index (χ3n) is 3.96. The molecule has 92 valence electrons. The highest BCUT2D eigenvalue weighted by Crippen LogP contribution is 2.25. The summed E-state index contributed by atoms with van der Waals surface area (Å²) >= 11 is 0. The van der Waals surface area contributed by atoms with Crippen molar-refractivity contribution in [3.63, 3.8) is 0 Å². The maximum atomic E-state index is 12.0. The van der Waals surface area contributed by atoms with Gasteiger partial charge in [-0.1, -0.05) is 19.3 Å². The second-order valence-corrected chi connectivity index (χ2v) is 5.17. The molecular formula is C12H22N2O2. The van der Waals surface area contributed by atoms with E-state index in [-0.39, 0.29) is 30.0 Å². The lowest BCUT2D eigenvalue weighted by Crippen LogP contribution is -2.49. The number of amides is 1. The Balaban J connectivity index is 1.86. The molecule has 0 heterocycles. The molecule has 0 radical (unpaired) electrons. The monoisotopic (exact) mass is 226 g/mol. The third kappa shape index (κ3) is 2.55. The van der Waals surface area contributed by atoms with Gasteiger partial charge < -0.3 is 16.2 Å². The summed E-state index contributed by atoms with van der Waals surface area (Å²) in [6.45, 7) is 0. The molecule has 2 fully saturated rings. The highest BCUT2D eigenvalue weighted by Gasteiger charge is 2.33. The van der Waals surface area contributed by atoms with Crippen LogP contribution in [0.25, 0.3) is 0 Å². The van der Waals surface area contributed by atoms with Gasteiger partial charge in [0, 0.05) is 6.04 Å². The molecule has 0 bridgehead atoms. The van der Waals surface area contributed by atoms with Crippen LogP contribution in [0.1, 0.15) is 44.9 Å². The number of hydrogen-bond acceptors (Lipinski definition) is 3. The van der Waals surface area contributed by atoms with Crippen LogP contribution in [0.15, 0.2) is 0 Å². The molecule has 2 aliphatic rings. The molecule has 4 heteroatoms. The van der Waals surface area contributed by atoms with Gasteiger partial charge in [-0.3, -0.25) is 4.79 Å². The van der Waals surface area contributed by atoms with Crippen LogP contribution in [0.2, 0.25) is 0 Å². The molecule has 0 saturated heterocycles. The molecule has 16 heavy (non-hydrogen) atoms. The van der Waals surface area contributed by atoms with Gasteiger partial charge in [0.25, 0.3) is 0 Å². The lowest BCUT2D eigenvalue weighted by Gasteiger charge is -2.29. The molecule has 0 spiro atoms. The van der Waals surface area contributed by atoms with Crippen molar-refractivity contribution < 1.29 is 9.90 Å². The van der Waals surface area contributed by atoms with Crippen molar-refractivity contribution in [2.24, 2.45) is 11.7 Å². The highest BCUT2D eigenvalue weighted by molar-refractivity contribution is 5.80. The second kappa shape index (κ2) is 5.15. The molecule has 2 aliphatic carbocycles. The van der Waals surface area contributed by atoms with Crippen molar-refractivity contribution in [1.29, 1.82) is 0 Å². The second-order valence-electron chi connectivity index (χ2n) is 5.17. The number of nitrogens with two attached hydrogens (primary N) is 1. The number of carbonyl (C=O) groups is 1. The SMILES string of the molecule is NC1CCCC1C(=O)N[C@H]1CCCC[C@@H]1O. The summed E-state index contributed by atoms with van der Waals surface area (Å²) in [7, 11) is 0. The van der Waals surface area contributed by atoms with Crippen LogP contribution in [0, 0.1) is 5.92 Å². The van der Waals surface area contributed by atoms with Crippen LogP contribution in [-0.4, -0.2) is 29.2 Å². The average molecular weight is 226 g/mol. The van der Waals surface area contributed by atoms with Crippen LogP contribution in [0.5, 0.6) is 0 Å². The fourth-order valence-electron chi connectivity index (χ4n) is 2.88. The summed E-state index contributed by atoms with van der Waals surface area (Å²) in [4.78, 5) is 12.0. The minimum absolute atomic E-state index is 0.0146. The Morgan fingerprint density at radius 2 is 1.88 bits per heavy atom. The smallest absolute Gasteiger partial charge is 0.224 e. The largest absolute Gasteiger partial charge is 0.391 e. The Morgan fingerprint density at radius 3 is 2.50 bits per heavy atom. The molecule has 2 rings (SSSR count). The first-order valence-corrected chi connectivity index (χ1v) is 6.42. The molecule has 1 amide bonds. The predicted octanol–water partition coefficient (Wildman–Crippen LogP) is 0.533. The standard InChI is InChI=1S/C12H22N2O2/c13-9-5-3-4-8(9)12(16)14-10-6-1-2-7-11(10)15/h8-11,15H,1-7,13H2,(H,14,16)/t8?,9?,10-,11-/m0/s1. The maximum absolute atomic E-state index is 12.0. The van der Waals surface area contributed by atoms with Crippen molar-refractivity contribution in [3.8, 4) is 0 Å². The Labute approximate surface area is 96.6 Å². The minimum atomic E-state index is -0.365. The topological polar surface area (TPSA) is 75.4 Å². The van der Waals surface area contributed by atoms with Crippen molar-refractivity contribution >= 4 is 5.91 Å². The van der Waals surface area contributed by atoms with Crippen molar-refractivity contribution in [2.75, 3.05) is 0 Å². The van der Waals surface area contributed by atoms with E-state index in [2.05, 4.69) is 5.32 Å². The molecular weight excluding hydrogens is 204 g/mol. The van der Waals surface area contributed by atoms with Crippen LogP contribution in [0.4, 0.5) is 0 Å². The summed E-state index contributed by atoms with van der Waals surface area (Å²) in [5.41, 5.74) is 5.90. The number of carbonyl (C=O) groups excluding carboxylic acids is 1. The van der Waals surface area contributed by atoms with Crippen LogP contribution >= 0.6 is 0 Å². The Kier molecular flexibility index (Phi) is 3.82. The van der Waals surface area contributed by atoms with Gasteiger partial charge >= 0.3 is 0 Å². The average Bonchev–Trinajstić information content (AvgIpc) is 2.68. The van der Waals surface area contributed by atoms with Gasteiger partial charge in [-0.2, -0.15) is 0 Å². The Bertz CT molecular complexity index is 257. The van der Waals surface area contributed by atoms with Crippen molar-refractivity contribution in [3.05, 3.63) is 0 Å². The van der Waals surface area contributed by atoms with Crippen LogP contribution in [0.3, 0.4) is 0 Å². The van der Waals surface area contributed by atoms with E-state index in [1.54, 1.807) is 0 Å². The normalized spacial score (nSPS) is 39.6. The van der Waals surface area contributed by atoms with E-state index >= 15 is 0 Å². The lowest BCUT2D eigenvalue weighted by atomic mass is 9.91. The predicted molar refractivity (Wildman–Crippen MR) is 61.7 cm³/mol. The van der Waals surface area contributed by atoms with Gasteiger partial charge in [0.15, 0.2) is 0 Å². The van der Waals surface area contributed by atoms with Gasteiger partial charge in [-0.05, 0) is 25.7 Å². The van der Waals surface area contributed by atoms with E-state index < -0.39 is 0 Å². The van der Waals surface area contributed by atoms with Gasteiger partial charge in [-0.15, -0.1) is 0 Å².